The second-order valence-electron chi connectivity index (χ2n) is 5.72. The molecule has 0 aliphatic carbocycles. The molecule has 0 amide bonds. The van der Waals surface area contributed by atoms with Gasteiger partial charge < -0.3 is 14.6 Å². The van der Waals surface area contributed by atoms with Crippen LogP contribution in [0.4, 0.5) is 0 Å². The predicted octanol–water partition coefficient (Wildman–Crippen LogP) is 2.31. The molecule has 0 spiro atoms. The molecule has 2 rings (SSSR count). The molecule has 0 aliphatic rings. The Morgan fingerprint density at radius 2 is 2.14 bits per heavy atom. The number of rotatable bonds is 7. The standard InChI is InChI=1S/C16H23N3O2/c1-12-5-6-14-13(11-12)17-15(7-8-16(20)21)19(14)10-4-9-18(2)3/h5-6,11H,4,7-10H2,1-3H3,(H,20,21). The number of carboxylic acids is 1. The predicted molar refractivity (Wildman–Crippen MR) is 83.6 cm³/mol. The minimum absolute atomic E-state index is 0.121. The zero-order valence-electron chi connectivity index (χ0n) is 13.0. The van der Waals surface area contributed by atoms with Gasteiger partial charge >= 0.3 is 5.97 Å². The number of hydrogen-bond donors (Lipinski definition) is 1. The van der Waals surface area contributed by atoms with Gasteiger partial charge in [-0.15, -0.1) is 0 Å². The maximum atomic E-state index is 10.8. The third-order valence-corrected chi connectivity index (χ3v) is 3.53. The Bertz CT molecular complexity index is 632. The molecular weight excluding hydrogens is 266 g/mol. The van der Waals surface area contributed by atoms with Crippen LogP contribution < -0.4 is 0 Å². The van der Waals surface area contributed by atoms with Crippen LogP contribution >= 0.6 is 0 Å². The largest absolute Gasteiger partial charge is 0.481 e. The third kappa shape index (κ3) is 4.04. The van der Waals surface area contributed by atoms with Crippen LogP contribution in [-0.2, 0) is 17.8 Å². The van der Waals surface area contributed by atoms with Gasteiger partial charge in [-0.05, 0) is 51.7 Å². The summed E-state index contributed by atoms with van der Waals surface area (Å²) in [6.07, 6.45) is 1.62. The van der Waals surface area contributed by atoms with Gasteiger partial charge in [-0.25, -0.2) is 4.98 Å². The quantitative estimate of drug-likeness (QED) is 0.850. The molecule has 1 aromatic heterocycles. The van der Waals surface area contributed by atoms with E-state index in [4.69, 9.17) is 5.11 Å². The molecule has 0 saturated carbocycles. The number of imidazole rings is 1. The lowest BCUT2D eigenvalue weighted by molar-refractivity contribution is -0.137. The molecule has 21 heavy (non-hydrogen) atoms. The second kappa shape index (κ2) is 6.72. The molecule has 5 nitrogen and oxygen atoms in total. The van der Waals surface area contributed by atoms with Gasteiger partial charge in [0.25, 0.3) is 0 Å². The topological polar surface area (TPSA) is 58.4 Å². The van der Waals surface area contributed by atoms with Gasteiger partial charge in [0, 0.05) is 13.0 Å². The van der Waals surface area contributed by atoms with Crippen LogP contribution in [0.1, 0.15) is 24.2 Å². The summed E-state index contributed by atoms with van der Waals surface area (Å²) >= 11 is 0. The van der Waals surface area contributed by atoms with E-state index in [0.29, 0.717) is 6.42 Å². The molecule has 0 atom stereocenters. The monoisotopic (exact) mass is 289 g/mol. The molecule has 1 N–H and O–H groups in total. The van der Waals surface area contributed by atoms with Crippen molar-refractivity contribution in [3.05, 3.63) is 29.6 Å². The van der Waals surface area contributed by atoms with Gasteiger partial charge in [-0.3, -0.25) is 4.79 Å². The summed E-state index contributed by atoms with van der Waals surface area (Å²) < 4.78 is 2.17. The summed E-state index contributed by atoms with van der Waals surface area (Å²) in [5.41, 5.74) is 3.23. The molecule has 0 fully saturated rings. The fraction of sp³-hybridized carbons (Fsp3) is 0.500. The van der Waals surface area contributed by atoms with Crippen molar-refractivity contribution in [1.29, 1.82) is 0 Å². The van der Waals surface area contributed by atoms with E-state index in [9.17, 15) is 4.79 Å². The lowest BCUT2D eigenvalue weighted by atomic mass is 10.2. The summed E-state index contributed by atoms with van der Waals surface area (Å²) in [5.74, 6) is 0.0924. The maximum absolute atomic E-state index is 10.8. The first-order valence-electron chi connectivity index (χ1n) is 7.29. The van der Waals surface area contributed by atoms with E-state index in [1.807, 2.05) is 6.92 Å². The van der Waals surface area contributed by atoms with Crippen molar-refractivity contribution < 1.29 is 9.90 Å². The van der Waals surface area contributed by atoms with Crippen molar-refractivity contribution in [3.8, 4) is 0 Å². The van der Waals surface area contributed by atoms with Crippen LogP contribution in [-0.4, -0.2) is 46.2 Å². The molecule has 2 aromatic rings. The van der Waals surface area contributed by atoms with E-state index < -0.39 is 5.97 Å². The first-order valence-corrected chi connectivity index (χ1v) is 7.29. The number of carboxylic acid groups (broad SMARTS) is 1. The van der Waals surface area contributed by atoms with E-state index in [1.54, 1.807) is 0 Å². The average Bonchev–Trinajstić information content (AvgIpc) is 2.73. The highest BCUT2D eigenvalue weighted by Crippen LogP contribution is 2.19. The second-order valence-corrected chi connectivity index (χ2v) is 5.72. The van der Waals surface area contributed by atoms with Gasteiger partial charge in [-0.1, -0.05) is 6.07 Å². The van der Waals surface area contributed by atoms with E-state index in [1.165, 1.54) is 5.56 Å². The Morgan fingerprint density at radius 1 is 1.38 bits per heavy atom. The SMILES string of the molecule is Cc1ccc2c(c1)nc(CCC(=O)O)n2CCCN(C)C. The summed E-state index contributed by atoms with van der Waals surface area (Å²) in [6, 6.07) is 6.22. The van der Waals surface area contributed by atoms with Crippen LogP contribution in [0, 0.1) is 6.92 Å². The molecule has 114 valence electrons. The minimum Gasteiger partial charge on any atom is -0.481 e. The molecule has 0 saturated heterocycles. The summed E-state index contributed by atoms with van der Waals surface area (Å²) in [5, 5.41) is 8.89. The Hall–Kier alpha value is -1.88. The zero-order valence-corrected chi connectivity index (χ0v) is 13.0. The van der Waals surface area contributed by atoms with Crippen LogP contribution in [0.15, 0.2) is 18.2 Å². The summed E-state index contributed by atoms with van der Waals surface area (Å²) in [4.78, 5) is 17.6. The molecule has 0 bridgehead atoms. The molecule has 5 heteroatoms. The number of aryl methyl sites for hydroxylation is 3. The number of nitrogens with zero attached hydrogens (tertiary/aromatic N) is 3. The van der Waals surface area contributed by atoms with Crippen LogP contribution in [0.5, 0.6) is 0 Å². The number of hydrogen-bond acceptors (Lipinski definition) is 3. The van der Waals surface area contributed by atoms with Crippen molar-refractivity contribution in [2.24, 2.45) is 0 Å². The Balaban J connectivity index is 2.27. The van der Waals surface area contributed by atoms with Crippen molar-refractivity contribution in [2.45, 2.75) is 32.7 Å². The maximum Gasteiger partial charge on any atom is 0.303 e. The van der Waals surface area contributed by atoms with Crippen molar-refractivity contribution in [3.63, 3.8) is 0 Å². The fourth-order valence-electron chi connectivity index (χ4n) is 2.49. The van der Waals surface area contributed by atoms with Crippen LogP contribution in [0.2, 0.25) is 0 Å². The summed E-state index contributed by atoms with van der Waals surface area (Å²) in [6.45, 7) is 3.91. The number of carbonyl (C=O) groups is 1. The molecule has 0 aliphatic heterocycles. The Kier molecular flexibility index (Phi) is 4.96. The van der Waals surface area contributed by atoms with Gasteiger partial charge in [0.1, 0.15) is 5.82 Å². The molecule has 1 aromatic carbocycles. The molecular formula is C16H23N3O2. The molecule has 1 heterocycles. The lowest BCUT2D eigenvalue weighted by Gasteiger charge is -2.12. The normalized spacial score (nSPS) is 11.4. The minimum atomic E-state index is -0.780. The van der Waals surface area contributed by atoms with Crippen molar-refractivity contribution in [1.82, 2.24) is 14.5 Å². The zero-order chi connectivity index (χ0) is 15.4. The van der Waals surface area contributed by atoms with Crippen molar-refractivity contribution in [2.75, 3.05) is 20.6 Å². The van der Waals surface area contributed by atoms with Crippen molar-refractivity contribution >= 4 is 17.0 Å². The molecule has 0 unspecified atom stereocenters. The van der Waals surface area contributed by atoms with Crippen LogP contribution in [0.25, 0.3) is 11.0 Å². The Morgan fingerprint density at radius 3 is 2.81 bits per heavy atom. The lowest BCUT2D eigenvalue weighted by Crippen LogP contribution is -2.16. The van der Waals surface area contributed by atoms with Crippen LogP contribution in [0.3, 0.4) is 0 Å². The van der Waals surface area contributed by atoms with E-state index in [-0.39, 0.29) is 6.42 Å². The highest BCUT2D eigenvalue weighted by molar-refractivity contribution is 5.77. The smallest absolute Gasteiger partial charge is 0.303 e. The molecule has 0 radical (unpaired) electrons. The fourth-order valence-corrected chi connectivity index (χ4v) is 2.49. The number of aliphatic carboxylic acids is 1. The third-order valence-electron chi connectivity index (χ3n) is 3.53. The van der Waals surface area contributed by atoms with Gasteiger partial charge in [0.2, 0.25) is 0 Å². The highest BCUT2D eigenvalue weighted by atomic mass is 16.4. The first kappa shape index (κ1) is 15.5. The number of aromatic nitrogens is 2. The van der Waals surface area contributed by atoms with Gasteiger partial charge in [0.15, 0.2) is 0 Å². The Labute approximate surface area is 125 Å². The van der Waals surface area contributed by atoms with E-state index >= 15 is 0 Å². The average molecular weight is 289 g/mol. The highest BCUT2D eigenvalue weighted by Gasteiger charge is 2.12. The summed E-state index contributed by atoms with van der Waals surface area (Å²) in [7, 11) is 4.11. The number of benzene rings is 1. The number of fused-ring (bicyclic) bond motifs is 1. The van der Waals surface area contributed by atoms with Gasteiger partial charge in [-0.2, -0.15) is 0 Å². The van der Waals surface area contributed by atoms with Gasteiger partial charge in [0.05, 0.1) is 17.5 Å². The van der Waals surface area contributed by atoms with E-state index in [2.05, 4.69) is 46.7 Å². The van der Waals surface area contributed by atoms with E-state index in [0.717, 1.165) is 36.4 Å². The first-order chi connectivity index (χ1) is 9.97.